The van der Waals surface area contributed by atoms with E-state index < -0.39 is 0 Å². The van der Waals surface area contributed by atoms with Crippen LogP contribution in [-0.2, 0) is 24.9 Å². The minimum Gasteiger partial charge on any atom is -0.370 e. The number of benzene rings is 2. The molecule has 36 heavy (non-hydrogen) atoms. The number of hydrogen-bond acceptors (Lipinski definition) is 5. The first-order valence-electron chi connectivity index (χ1n) is 12.1. The highest BCUT2D eigenvalue weighted by Crippen LogP contribution is 2.35. The lowest BCUT2D eigenvalue weighted by molar-refractivity contribution is -0.125. The van der Waals surface area contributed by atoms with Crippen molar-refractivity contribution in [3.8, 4) is 0 Å². The monoisotopic (exact) mass is 505 g/mol. The Balaban J connectivity index is 1.31. The zero-order valence-electron chi connectivity index (χ0n) is 20.3. The van der Waals surface area contributed by atoms with Crippen LogP contribution < -0.4 is 10.2 Å². The molecule has 186 valence electrons. The summed E-state index contributed by atoms with van der Waals surface area (Å²) in [6.07, 6.45) is 3.29. The van der Waals surface area contributed by atoms with Crippen molar-refractivity contribution in [2.75, 3.05) is 18.0 Å². The highest BCUT2D eigenvalue weighted by atomic mass is 35.5. The van der Waals surface area contributed by atoms with Gasteiger partial charge in [0.1, 0.15) is 0 Å². The van der Waals surface area contributed by atoms with Crippen molar-refractivity contribution in [2.45, 2.75) is 32.9 Å². The molecule has 1 aromatic heterocycles. The number of anilines is 1. The molecule has 0 saturated carbocycles. The lowest BCUT2D eigenvalue weighted by atomic mass is 9.95. The molecule has 3 heterocycles. The number of imide groups is 1. The summed E-state index contributed by atoms with van der Waals surface area (Å²) in [6, 6.07) is 12.8. The summed E-state index contributed by atoms with van der Waals surface area (Å²) in [4.78, 5) is 42.9. The summed E-state index contributed by atoms with van der Waals surface area (Å²) in [5, 5.41) is 7.91. The number of aryl methyl sites for hydroxylation is 1. The predicted molar refractivity (Wildman–Crippen MR) is 137 cm³/mol. The molecule has 8 nitrogen and oxygen atoms in total. The van der Waals surface area contributed by atoms with Crippen LogP contribution in [0, 0.1) is 12.8 Å². The Morgan fingerprint density at radius 2 is 1.92 bits per heavy atom. The van der Waals surface area contributed by atoms with Gasteiger partial charge in [0.2, 0.25) is 5.91 Å². The van der Waals surface area contributed by atoms with Gasteiger partial charge in [-0.1, -0.05) is 29.8 Å². The third-order valence-corrected chi connectivity index (χ3v) is 7.41. The molecule has 1 saturated heterocycles. The summed E-state index contributed by atoms with van der Waals surface area (Å²) in [6.45, 7) is 3.74. The smallest absolute Gasteiger partial charge is 0.263 e. The quantitative estimate of drug-likeness (QED) is 0.516. The molecule has 0 unspecified atom stereocenters. The fraction of sp³-hybridized carbons (Fsp3) is 0.333. The molecule has 5 rings (SSSR count). The van der Waals surface area contributed by atoms with E-state index in [0.29, 0.717) is 34.9 Å². The van der Waals surface area contributed by atoms with Gasteiger partial charge in [-0.3, -0.25) is 24.0 Å². The summed E-state index contributed by atoms with van der Waals surface area (Å²) in [5.41, 5.74) is 4.28. The maximum atomic E-state index is 13.5. The van der Waals surface area contributed by atoms with Crippen LogP contribution in [0.2, 0.25) is 5.02 Å². The number of amides is 3. The first-order valence-corrected chi connectivity index (χ1v) is 12.4. The Hall–Kier alpha value is -3.65. The molecule has 0 radical (unpaired) electrons. The number of nitrogens with zero attached hydrogens (tertiary/aromatic N) is 4. The summed E-state index contributed by atoms with van der Waals surface area (Å²) < 4.78 is 1.73. The molecule has 2 aliphatic rings. The van der Waals surface area contributed by atoms with E-state index in [1.54, 1.807) is 29.1 Å². The number of hydrogen-bond donors (Lipinski definition) is 1. The number of nitrogens with one attached hydrogen (secondary N) is 1. The van der Waals surface area contributed by atoms with Gasteiger partial charge in [-0.15, -0.1) is 0 Å². The molecule has 1 atom stereocenters. The fourth-order valence-electron chi connectivity index (χ4n) is 4.94. The topological polar surface area (TPSA) is 87.5 Å². The van der Waals surface area contributed by atoms with E-state index in [1.807, 2.05) is 38.2 Å². The molecule has 1 fully saturated rings. The van der Waals surface area contributed by atoms with Gasteiger partial charge in [0.05, 0.1) is 35.5 Å². The average molecular weight is 506 g/mol. The van der Waals surface area contributed by atoms with Gasteiger partial charge in [0.25, 0.3) is 11.8 Å². The van der Waals surface area contributed by atoms with Crippen molar-refractivity contribution < 1.29 is 14.4 Å². The summed E-state index contributed by atoms with van der Waals surface area (Å²) in [7, 11) is 1.83. The van der Waals surface area contributed by atoms with Crippen LogP contribution in [0.1, 0.15) is 50.4 Å². The Morgan fingerprint density at radius 3 is 2.64 bits per heavy atom. The molecule has 3 aromatic rings. The minimum atomic E-state index is -0.303. The zero-order chi connectivity index (χ0) is 25.4. The maximum absolute atomic E-state index is 13.5. The van der Waals surface area contributed by atoms with Crippen molar-refractivity contribution in [3.63, 3.8) is 0 Å². The van der Waals surface area contributed by atoms with Crippen LogP contribution in [0.25, 0.3) is 0 Å². The molecule has 3 amide bonds. The summed E-state index contributed by atoms with van der Waals surface area (Å²) in [5.74, 6) is -0.820. The second-order valence-corrected chi connectivity index (χ2v) is 9.84. The largest absolute Gasteiger partial charge is 0.370 e. The lowest BCUT2D eigenvalue weighted by Crippen LogP contribution is -2.43. The van der Waals surface area contributed by atoms with E-state index in [2.05, 4.69) is 15.3 Å². The number of rotatable bonds is 6. The van der Waals surface area contributed by atoms with Gasteiger partial charge < -0.3 is 10.2 Å². The van der Waals surface area contributed by atoms with Gasteiger partial charge in [-0.2, -0.15) is 5.10 Å². The maximum Gasteiger partial charge on any atom is 0.263 e. The molecule has 2 aromatic carbocycles. The Morgan fingerprint density at radius 1 is 1.14 bits per heavy atom. The lowest BCUT2D eigenvalue weighted by Gasteiger charge is -2.34. The number of carbonyl (C=O) groups excluding carboxylic acids is 3. The van der Waals surface area contributed by atoms with Crippen molar-refractivity contribution in [1.82, 2.24) is 20.0 Å². The highest BCUT2D eigenvalue weighted by Gasteiger charge is 2.39. The molecule has 9 heteroatoms. The van der Waals surface area contributed by atoms with E-state index in [-0.39, 0.29) is 30.2 Å². The Kier molecular flexibility index (Phi) is 6.53. The zero-order valence-corrected chi connectivity index (χ0v) is 21.1. The number of piperidine rings is 1. The highest BCUT2D eigenvalue weighted by molar-refractivity contribution is 6.30. The van der Waals surface area contributed by atoms with E-state index >= 15 is 0 Å². The van der Waals surface area contributed by atoms with E-state index in [1.165, 1.54) is 4.90 Å². The second-order valence-electron chi connectivity index (χ2n) is 9.40. The normalized spacial score (nSPS) is 17.5. The number of fused-ring (bicyclic) bond motifs is 1. The third kappa shape index (κ3) is 4.48. The SMILES string of the molecule is Cc1c(CN2C(=O)c3cccc(N4CCC[C@@H](C(=O)NCc5ccc(Cl)cc5)C4)c3C2=O)cnn1C. The Labute approximate surface area is 214 Å². The molecule has 0 spiro atoms. The van der Waals surface area contributed by atoms with Gasteiger partial charge in [-0.05, 0) is 49.6 Å². The van der Waals surface area contributed by atoms with Crippen LogP contribution in [0.3, 0.4) is 0 Å². The van der Waals surface area contributed by atoms with Crippen LogP contribution in [0.5, 0.6) is 0 Å². The van der Waals surface area contributed by atoms with Crippen molar-refractivity contribution in [1.29, 1.82) is 0 Å². The standard InChI is InChI=1S/C27H28ClN5O3/c1-17-20(14-30-31(17)2)16-33-26(35)22-6-3-7-23(24(22)27(33)36)32-12-4-5-19(15-32)25(34)29-13-18-8-10-21(28)11-9-18/h3,6-11,14,19H,4-5,12-13,15-16H2,1-2H3,(H,29,34)/t19-/m1/s1. The van der Waals surface area contributed by atoms with Crippen LogP contribution in [0.4, 0.5) is 5.69 Å². The first kappa shape index (κ1) is 24.1. The number of carbonyl (C=O) groups is 3. The first-order chi connectivity index (χ1) is 17.3. The van der Waals surface area contributed by atoms with Crippen molar-refractivity contribution in [2.24, 2.45) is 13.0 Å². The van der Waals surface area contributed by atoms with E-state index in [4.69, 9.17) is 11.6 Å². The molecular weight excluding hydrogens is 478 g/mol. The molecule has 2 aliphatic heterocycles. The molecule has 0 bridgehead atoms. The Bertz CT molecular complexity index is 1330. The summed E-state index contributed by atoms with van der Waals surface area (Å²) >= 11 is 5.94. The van der Waals surface area contributed by atoms with Crippen molar-refractivity contribution >= 4 is 35.0 Å². The van der Waals surface area contributed by atoms with Crippen LogP contribution in [0.15, 0.2) is 48.7 Å². The number of halogens is 1. The van der Waals surface area contributed by atoms with E-state index in [0.717, 1.165) is 36.2 Å². The average Bonchev–Trinajstić information content (AvgIpc) is 3.34. The van der Waals surface area contributed by atoms with Crippen LogP contribution in [-0.4, -0.2) is 45.5 Å². The number of aromatic nitrogens is 2. The second kappa shape index (κ2) is 9.78. The predicted octanol–water partition coefficient (Wildman–Crippen LogP) is 3.71. The van der Waals surface area contributed by atoms with E-state index in [9.17, 15) is 14.4 Å². The fourth-order valence-corrected chi connectivity index (χ4v) is 5.06. The minimum absolute atomic E-state index is 0.0155. The van der Waals surface area contributed by atoms with Gasteiger partial charge in [0, 0.05) is 43.0 Å². The molecule has 0 aliphatic carbocycles. The molecular formula is C27H28ClN5O3. The van der Waals surface area contributed by atoms with Gasteiger partial charge in [-0.25, -0.2) is 0 Å². The third-order valence-electron chi connectivity index (χ3n) is 7.16. The van der Waals surface area contributed by atoms with Crippen LogP contribution >= 0.6 is 11.6 Å². The molecule has 1 N–H and O–H groups in total. The van der Waals surface area contributed by atoms with Gasteiger partial charge >= 0.3 is 0 Å². The van der Waals surface area contributed by atoms with Gasteiger partial charge in [0.15, 0.2) is 0 Å². The van der Waals surface area contributed by atoms with Crippen molar-refractivity contribution in [3.05, 3.63) is 81.6 Å².